The lowest BCUT2D eigenvalue weighted by molar-refractivity contribution is 0.122. The van der Waals surface area contributed by atoms with Crippen molar-refractivity contribution < 1.29 is 9.47 Å². The Labute approximate surface area is 210 Å². The van der Waals surface area contributed by atoms with E-state index in [9.17, 15) is 0 Å². The maximum absolute atomic E-state index is 5.61. The van der Waals surface area contributed by atoms with Crippen LogP contribution in [0.1, 0.15) is 5.56 Å². The summed E-state index contributed by atoms with van der Waals surface area (Å²) in [6.45, 7) is 8.32. The Kier molecular flexibility index (Phi) is 6.36. The number of aromatic nitrogens is 3. The number of benzene rings is 1. The van der Waals surface area contributed by atoms with Crippen LogP contribution in [0.3, 0.4) is 0 Å². The third kappa shape index (κ3) is 4.45. The third-order valence-electron chi connectivity index (χ3n) is 6.84. The first kappa shape index (κ1) is 22.7. The number of pyridine rings is 3. The SMILES string of the molecule is Cc1c(-c2ccccn2)nc2ccccc2c1Nc1cc(N2CCOCC2)cnc1N1CCOCC1. The molecule has 0 saturated carbocycles. The summed E-state index contributed by atoms with van der Waals surface area (Å²) in [5, 5.41) is 4.87. The maximum atomic E-state index is 5.61. The van der Waals surface area contributed by atoms with E-state index < -0.39 is 0 Å². The molecule has 184 valence electrons. The van der Waals surface area contributed by atoms with Gasteiger partial charge in [-0.1, -0.05) is 24.3 Å². The van der Waals surface area contributed by atoms with Crippen molar-refractivity contribution in [1.29, 1.82) is 0 Å². The van der Waals surface area contributed by atoms with Crippen molar-refractivity contribution >= 4 is 33.8 Å². The fourth-order valence-electron chi connectivity index (χ4n) is 4.92. The third-order valence-corrected chi connectivity index (χ3v) is 6.84. The summed E-state index contributed by atoms with van der Waals surface area (Å²) in [6, 6.07) is 16.4. The van der Waals surface area contributed by atoms with Gasteiger partial charge in [0, 0.05) is 43.3 Å². The predicted octanol–water partition coefficient (Wildman–Crippen LogP) is 4.42. The van der Waals surface area contributed by atoms with E-state index in [-0.39, 0.29) is 0 Å². The number of anilines is 4. The van der Waals surface area contributed by atoms with Gasteiger partial charge < -0.3 is 24.6 Å². The number of morpholine rings is 2. The quantitative estimate of drug-likeness (QED) is 0.448. The highest BCUT2D eigenvalue weighted by atomic mass is 16.5. The van der Waals surface area contributed by atoms with Crippen molar-refractivity contribution in [3.63, 3.8) is 0 Å². The zero-order valence-corrected chi connectivity index (χ0v) is 20.5. The van der Waals surface area contributed by atoms with Gasteiger partial charge >= 0.3 is 0 Å². The van der Waals surface area contributed by atoms with E-state index in [1.54, 1.807) is 0 Å². The van der Waals surface area contributed by atoms with Crippen molar-refractivity contribution in [3.8, 4) is 11.4 Å². The largest absolute Gasteiger partial charge is 0.378 e. The van der Waals surface area contributed by atoms with Crippen LogP contribution in [-0.4, -0.2) is 67.6 Å². The maximum Gasteiger partial charge on any atom is 0.152 e. The molecular formula is C28H30N6O2. The first-order valence-electron chi connectivity index (χ1n) is 12.5. The zero-order chi connectivity index (χ0) is 24.3. The van der Waals surface area contributed by atoms with Gasteiger partial charge in [-0.15, -0.1) is 0 Å². The minimum atomic E-state index is 0.702. The molecule has 6 rings (SSSR count). The van der Waals surface area contributed by atoms with Crippen molar-refractivity contribution in [1.82, 2.24) is 15.0 Å². The Morgan fingerprint density at radius 2 is 1.56 bits per heavy atom. The minimum Gasteiger partial charge on any atom is -0.378 e. The Balaban J connectivity index is 1.48. The molecule has 2 aliphatic rings. The van der Waals surface area contributed by atoms with E-state index in [2.05, 4.69) is 51.3 Å². The molecule has 4 aromatic rings. The molecule has 36 heavy (non-hydrogen) atoms. The van der Waals surface area contributed by atoms with Crippen LogP contribution in [0.5, 0.6) is 0 Å². The average Bonchev–Trinajstić information content (AvgIpc) is 2.96. The van der Waals surface area contributed by atoms with Gasteiger partial charge in [-0.05, 0) is 31.2 Å². The minimum absolute atomic E-state index is 0.702. The molecule has 0 radical (unpaired) electrons. The average molecular weight is 483 g/mol. The topological polar surface area (TPSA) is 75.6 Å². The molecule has 0 bridgehead atoms. The number of rotatable bonds is 5. The number of para-hydroxylation sites is 1. The lowest BCUT2D eigenvalue weighted by atomic mass is 10.0. The van der Waals surface area contributed by atoms with Crippen LogP contribution in [0.4, 0.5) is 22.9 Å². The molecule has 0 aliphatic carbocycles. The van der Waals surface area contributed by atoms with Gasteiger partial charge in [-0.25, -0.2) is 9.97 Å². The highest BCUT2D eigenvalue weighted by Gasteiger charge is 2.22. The van der Waals surface area contributed by atoms with Gasteiger partial charge in [0.1, 0.15) is 0 Å². The fourth-order valence-corrected chi connectivity index (χ4v) is 4.92. The Morgan fingerprint density at radius 1 is 0.833 bits per heavy atom. The van der Waals surface area contributed by atoms with Crippen LogP contribution in [0.2, 0.25) is 0 Å². The van der Waals surface area contributed by atoms with E-state index in [1.165, 1.54) is 0 Å². The molecule has 5 heterocycles. The van der Waals surface area contributed by atoms with Crippen LogP contribution >= 0.6 is 0 Å². The highest BCUT2D eigenvalue weighted by Crippen LogP contribution is 2.38. The van der Waals surface area contributed by atoms with Crippen LogP contribution < -0.4 is 15.1 Å². The standard InChI is InChI=1S/C28H30N6O2/c1-20-26(22-6-2-3-7-23(22)31-27(20)24-8-4-5-9-29-24)32-25-18-21(33-10-14-35-15-11-33)19-30-28(25)34-12-16-36-17-13-34/h2-9,18-19H,10-17H2,1H3,(H,31,32). The van der Waals surface area contributed by atoms with Crippen molar-refractivity contribution in [2.24, 2.45) is 0 Å². The molecule has 8 heteroatoms. The summed E-state index contributed by atoms with van der Waals surface area (Å²) in [6.07, 6.45) is 3.79. The van der Waals surface area contributed by atoms with Gasteiger partial charge in [0.25, 0.3) is 0 Å². The summed E-state index contributed by atoms with van der Waals surface area (Å²) < 4.78 is 11.2. The highest BCUT2D eigenvalue weighted by molar-refractivity contribution is 5.98. The van der Waals surface area contributed by atoms with Crippen LogP contribution in [0.25, 0.3) is 22.3 Å². The summed E-state index contributed by atoms with van der Waals surface area (Å²) in [7, 11) is 0. The van der Waals surface area contributed by atoms with E-state index in [0.717, 1.165) is 90.1 Å². The van der Waals surface area contributed by atoms with Crippen LogP contribution in [-0.2, 0) is 9.47 Å². The Bertz CT molecular complexity index is 1350. The number of ether oxygens (including phenoxy) is 2. The number of hydrogen-bond donors (Lipinski definition) is 1. The summed E-state index contributed by atoms with van der Waals surface area (Å²) in [5.41, 5.74) is 6.82. The number of hydrogen-bond acceptors (Lipinski definition) is 8. The van der Waals surface area contributed by atoms with Crippen LogP contribution in [0, 0.1) is 6.92 Å². The molecule has 0 spiro atoms. The summed E-state index contributed by atoms with van der Waals surface area (Å²) in [4.78, 5) is 19.2. The molecule has 0 unspecified atom stereocenters. The second-order valence-corrected chi connectivity index (χ2v) is 9.08. The number of fused-ring (bicyclic) bond motifs is 1. The fraction of sp³-hybridized carbons (Fsp3) is 0.321. The monoisotopic (exact) mass is 482 g/mol. The van der Waals surface area contributed by atoms with Crippen molar-refractivity contribution in [2.75, 3.05) is 67.7 Å². The van der Waals surface area contributed by atoms with E-state index in [4.69, 9.17) is 19.4 Å². The molecule has 2 aliphatic heterocycles. The molecule has 1 N–H and O–H groups in total. The van der Waals surface area contributed by atoms with Gasteiger partial charge in [-0.3, -0.25) is 4.98 Å². The predicted molar refractivity (Wildman–Crippen MR) is 143 cm³/mol. The Hall–Kier alpha value is -3.75. The molecule has 0 amide bonds. The number of nitrogens with one attached hydrogen (secondary N) is 1. The lowest BCUT2D eigenvalue weighted by Crippen LogP contribution is -2.38. The Morgan fingerprint density at radius 3 is 2.31 bits per heavy atom. The lowest BCUT2D eigenvalue weighted by Gasteiger charge is -2.32. The molecule has 8 nitrogen and oxygen atoms in total. The van der Waals surface area contributed by atoms with Gasteiger partial charge in [0.2, 0.25) is 0 Å². The van der Waals surface area contributed by atoms with Crippen molar-refractivity contribution in [3.05, 3.63) is 66.5 Å². The second-order valence-electron chi connectivity index (χ2n) is 9.08. The smallest absolute Gasteiger partial charge is 0.152 e. The molecule has 3 aromatic heterocycles. The first-order chi connectivity index (χ1) is 17.8. The van der Waals surface area contributed by atoms with Crippen LogP contribution in [0.15, 0.2) is 60.9 Å². The van der Waals surface area contributed by atoms with Crippen molar-refractivity contribution in [2.45, 2.75) is 6.92 Å². The second kappa shape index (κ2) is 10.1. The zero-order valence-electron chi connectivity index (χ0n) is 20.5. The van der Waals surface area contributed by atoms with Gasteiger partial charge in [0.15, 0.2) is 5.82 Å². The van der Waals surface area contributed by atoms with E-state index in [0.29, 0.717) is 13.2 Å². The summed E-state index contributed by atoms with van der Waals surface area (Å²) in [5.74, 6) is 0.940. The molecule has 2 fully saturated rings. The van der Waals surface area contributed by atoms with Gasteiger partial charge in [0.05, 0.1) is 66.6 Å². The molecular weight excluding hydrogens is 452 g/mol. The molecule has 1 aromatic carbocycles. The van der Waals surface area contributed by atoms with E-state index >= 15 is 0 Å². The van der Waals surface area contributed by atoms with E-state index in [1.807, 2.05) is 36.7 Å². The number of nitrogens with zero attached hydrogens (tertiary/aromatic N) is 5. The normalized spacial score (nSPS) is 16.4. The molecule has 0 atom stereocenters. The summed E-state index contributed by atoms with van der Waals surface area (Å²) >= 11 is 0. The van der Waals surface area contributed by atoms with Gasteiger partial charge in [-0.2, -0.15) is 0 Å². The first-order valence-corrected chi connectivity index (χ1v) is 12.5. The molecule has 2 saturated heterocycles.